The monoisotopic (exact) mass is 387 g/mol. The van der Waals surface area contributed by atoms with Crippen molar-refractivity contribution in [3.63, 3.8) is 0 Å². The standard InChI is InChI=1S/C14H21N5.HI/c1-15-14(16-6-10-19-7-3-4-8-19)17-11-13-5-9-18(2)12-13;/h3-5,7-9,12H,6,10-11H2,1-2H3,(H2,15,16,17);1H. The molecule has 2 heterocycles. The van der Waals surface area contributed by atoms with Crippen LogP contribution in [0.4, 0.5) is 0 Å². The number of rotatable bonds is 5. The Kier molecular flexibility index (Phi) is 7.21. The molecule has 110 valence electrons. The van der Waals surface area contributed by atoms with Gasteiger partial charge in [-0.2, -0.15) is 0 Å². The predicted molar refractivity (Wildman–Crippen MR) is 93.5 cm³/mol. The van der Waals surface area contributed by atoms with E-state index < -0.39 is 0 Å². The molecule has 0 spiro atoms. The fourth-order valence-corrected chi connectivity index (χ4v) is 1.89. The van der Waals surface area contributed by atoms with Gasteiger partial charge in [0.25, 0.3) is 0 Å². The highest BCUT2D eigenvalue weighted by atomic mass is 127. The molecular weight excluding hydrogens is 365 g/mol. The Morgan fingerprint density at radius 2 is 1.95 bits per heavy atom. The number of aromatic nitrogens is 2. The molecule has 0 saturated heterocycles. The Hall–Kier alpha value is -1.44. The zero-order valence-corrected chi connectivity index (χ0v) is 14.2. The highest BCUT2D eigenvalue weighted by Crippen LogP contribution is 1.98. The van der Waals surface area contributed by atoms with Crippen LogP contribution in [0.5, 0.6) is 0 Å². The summed E-state index contributed by atoms with van der Waals surface area (Å²) in [7, 11) is 3.81. The summed E-state index contributed by atoms with van der Waals surface area (Å²) in [6.45, 7) is 2.56. The lowest BCUT2D eigenvalue weighted by atomic mass is 10.3. The lowest BCUT2D eigenvalue weighted by Gasteiger charge is -2.11. The second kappa shape index (κ2) is 8.68. The van der Waals surface area contributed by atoms with Crippen molar-refractivity contribution in [3.8, 4) is 0 Å². The van der Waals surface area contributed by atoms with E-state index in [0.29, 0.717) is 0 Å². The topological polar surface area (TPSA) is 46.3 Å². The van der Waals surface area contributed by atoms with Crippen LogP contribution in [0.15, 0.2) is 48.0 Å². The molecule has 0 aromatic carbocycles. The van der Waals surface area contributed by atoms with Crippen LogP contribution in [0, 0.1) is 0 Å². The average Bonchev–Trinajstić information content (AvgIpc) is 3.05. The molecule has 0 aliphatic rings. The van der Waals surface area contributed by atoms with Gasteiger partial charge in [0.1, 0.15) is 0 Å². The maximum atomic E-state index is 4.21. The van der Waals surface area contributed by atoms with Gasteiger partial charge in [0.2, 0.25) is 0 Å². The van der Waals surface area contributed by atoms with Crippen LogP contribution in [-0.4, -0.2) is 28.7 Å². The van der Waals surface area contributed by atoms with E-state index in [-0.39, 0.29) is 24.0 Å². The van der Waals surface area contributed by atoms with Gasteiger partial charge < -0.3 is 19.8 Å². The summed E-state index contributed by atoms with van der Waals surface area (Å²) >= 11 is 0. The zero-order chi connectivity index (χ0) is 13.5. The van der Waals surface area contributed by atoms with E-state index >= 15 is 0 Å². The SMILES string of the molecule is CN=C(NCCn1cccc1)NCc1ccn(C)c1.I. The second-order valence-electron chi connectivity index (χ2n) is 4.46. The third kappa shape index (κ3) is 5.28. The molecule has 6 heteroatoms. The summed E-state index contributed by atoms with van der Waals surface area (Å²) in [5.74, 6) is 0.830. The first-order chi connectivity index (χ1) is 9.28. The summed E-state index contributed by atoms with van der Waals surface area (Å²) in [5.41, 5.74) is 1.25. The number of nitrogens with zero attached hydrogens (tertiary/aromatic N) is 3. The van der Waals surface area contributed by atoms with Crippen molar-refractivity contribution in [3.05, 3.63) is 48.5 Å². The quantitative estimate of drug-likeness (QED) is 0.467. The van der Waals surface area contributed by atoms with E-state index in [2.05, 4.69) is 44.8 Å². The van der Waals surface area contributed by atoms with Crippen LogP contribution in [-0.2, 0) is 20.1 Å². The first-order valence-corrected chi connectivity index (χ1v) is 6.44. The molecular formula is C14H22IN5. The van der Waals surface area contributed by atoms with Crippen molar-refractivity contribution in [2.24, 2.45) is 12.0 Å². The van der Waals surface area contributed by atoms with E-state index in [4.69, 9.17) is 0 Å². The Balaban J connectivity index is 0.00000200. The highest BCUT2D eigenvalue weighted by molar-refractivity contribution is 14.0. The lowest BCUT2D eigenvalue weighted by Crippen LogP contribution is -2.38. The first-order valence-electron chi connectivity index (χ1n) is 6.44. The molecule has 5 nitrogen and oxygen atoms in total. The highest BCUT2D eigenvalue weighted by Gasteiger charge is 1.99. The summed E-state index contributed by atoms with van der Waals surface area (Å²) in [4.78, 5) is 4.21. The summed E-state index contributed by atoms with van der Waals surface area (Å²) in [6, 6.07) is 6.16. The van der Waals surface area contributed by atoms with Crippen LogP contribution in [0.2, 0.25) is 0 Å². The summed E-state index contributed by atoms with van der Waals surface area (Å²) < 4.78 is 4.18. The minimum atomic E-state index is 0. The van der Waals surface area contributed by atoms with Gasteiger partial charge >= 0.3 is 0 Å². The van der Waals surface area contributed by atoms with Crippen molar-refractivity contribution in [2.75, 3.05) is 13.6 Å². The molecule has 0 unspecified atom stereocenters. The van der Waals surface area contributed by atoms with E-state index in [0.717, 1.165) is 25.6 Å². The molecule has 2 aromatic rings. The van der Waals surface area contributed by atoms with Crippen LogP contribution in [0.1, 0.15) is 5.56 Å². The molecule has 0 radical (unpaired) electrons. The van der Waals surface area contributed by atoms with Crippen molar-refractivity contribution >= 4 is 29.9 Å². The Morgan fingerprint density at radius 3 is 2.55 bits per heavy atom. The van der Waals surface area contributed by atoms with Gasteiger partial charge in [-0.3, -0.25) is 4.99 Å². The Labute approximate surface area is 137 Å². The predicted octanol–water partition coefficient (Wildman–Crippen LogP) is 1.81. The van der Waals surface area contributed by atoms with Gasteiger partial charge in [0, 0.05) is 58.5 Å². The maximum absolute atomic E-state index is 4.21. The number of guanidine groups is 1. The number of aryl methyl sites for hydroxylation is 1. The van der Waals surface area contributed by atoms with Crippen molar-refractivity contribution in [2.45, 2.75) is 13.1 Å². The third-order valence-corrected chi connectivity index (χ3v) is 2.91. The third-order valence-electron chi connectivity index (χ3n) is 2.91. The van der Waals surface area contributed by atoms with Gasteiger partial charge in [0.05, 0.1) is 0 Å². The normalized spacial score (nSPS) is 11.0. The molecule has 2 rings (SSSR count). The lowest BCUT2D eigenvalue weighted by molar-refractivity contribution is 0.665. The van der Waals surface area contributed by atoms with E-state index in [1.807, 2.05) is 29.9 Å². The van der Waals surface area contributed by atoms with Gasteiger partial charge in [-0.05, 0) is 23.8 Å². The molecule has 0 aliphatic carbocycles. The second-order valence-corrected chi connectivity index (χ2v) is 4.46. The number of hydrogen-bond acceptors (Lipinski definition) is 1. The molecule has 0 fully saturated rings. The summed E-state index contributed by atoms with van der Waals surface area (Å²) in [5, 5.41) is 6.59. The molecule has 2 N–H and O–H groups in total. The average molecular weight is 387 g/mol. The van der Waals surface area contributed by atoms with E-state index in [9.17, 15) is 0 Å². The summed E-state index contributed by atoms with van der Waals surface area (Å²) in [6.07, 6.45) is 8.25. The largest absolute Gasteiger partial charge is 0.357 e. The Bertz CT molecular complexity index is 515. The molecule has 0 saturated carbocycles. The molecule has 20 heavy (non-hydrogen) atoms. The van der Waals surface area contributed by atoms with E-state index in [1.165, 1.54) is 5.56 Å². The minimum Gasteiger partial charge on any atom is -0.357 e. The minimum absolute atomic E-state index is 0. The molecule has 0 atom stereocenters. The van der Waals surface area contributed by atoms with E-state index in [1.54, 1.807) is 7.05 Å². The maximum Gasteiger partial charge on any atom is 0.191 e. The van der Waals surface area contributed by atoms with Crippen LogP contribution in [0.25, 0.3) is 0 Å². The fourth-order valence-electron chi connectivity index (χ4n) is 1.89. The Morgan fingerprint density at radius 1 is 1.20 bits per heavy atom. The molecule has 0 bridgehead atoms. The number of aliphatic imine (C=N–C) groups is 1. The van der Waals surface area contributed by atoms with Crippen LogP contribution < -0.4 is 10.6 Å². The van der Waals surface area contributed by atoms with Crippen LogP contribution in [0.3, 0.4) is 0 Å². The number of hydrogen-bond donors (Lipinski definition) is 2. The van der Waals surface area contributed by atoms with Crippen LogP contribution >= 0.6 is 24.0 Å². The molecule has 0 aliphatic heterocycles. The number of nitrogens with one attached hydrogen (secondary N) is 2. The zero-order valence-electron chi connectivity index (χ0n) is 11.9. The van der Waals surface area contributed by atoms with Crippen molar-refractivity contribution in [1.82, 2.24) is 19.8 Å². The molecule has 2 aromatic heterocycles. The van der Waals surface area contributed by atoms with Gasteiger partial charge in [-0.1, -0.05) is 0 Å². The van der Waals surface area contributed by atoms with Gasteiger partial charge in [0.15, 0.2) is 5.96 Å². The van der Waals surface area contributed by atoms with Gasteiger partial charge in [-0.15, -0.1) is 24.0 Å². The van der Waals surface area contributed by atoms with Crippen molar-refractivity contribution < 1.29 is 0 Å². The first kappa shape index (κ1) is 16.6. The number of halogens is 1. The van der Waals surface area contributed by atoms with Gasteiger partial charge in [-0.25, -0.2) is 0 Å². The molecule has 0 amide bonds. The smallest absolute Gasteiger partial charge is 0.191 e. The van der Waals surface area contributed by atoms with Crippen molar-refractivity contribution in [1.29, 1.82) is 0 Å². The fraction of sp³-hybridized carbons (Fsp3) is 0.357.